The van der Waals surface area contributed by atoms with Crippen LogP contribution in [0.3, 0.4) is 0 Å². The summed E-state index contributed by atoms with van der Waals surface area (Å²) >= 11 is 5.88. The number of nitrogens with one attached hydrogen (secondary N) is 2. The highest BCUT2D eigenvalue weighted by Gasteiger charge is 2.15. The smallest absolute Gasteiger partial charge is 0.255 e. The van der Waals surface area contributed by atoms with Crippen molar-refractivity contribution in [1.29, 1.82) is 0 Å². The number of rotatable bonds is 9. The van der Waals surface area contributed by atoms with Crippen molar-refractivity contribution in [3.8, 4) is 0 Å². The summed E-state index contributed by atoms with van der Waals surface area (Å²) in [6, 6.07) is 12.0. The minimum atomic E-state index is -0.257. The molecule has 0 aliphatic rings. The van der Waals surface area contributed by atoms with E-state index in [1.807, 2.05) is 25.1 Å². The number of carbonyl (C=O) groups is 2. The average Bonchev–Trinajstić information content (AvgIpc) is 2.71. The topological polar surface area (TPSA) is 64.7 Å². The molecule has 2 aromatic rings. The molecule has 0 aliphatic heterocycles. The molecule has 0 fully saturated rings. The first-order valence-corrected chi connectivity index (χ1v) is 10.1. The lowest BCUT2D eigenvalue weighted by Crippen LogP contribution is -2.35. The second-order valence-electron chi connectivity index (χ2n) is 6.87. The van der Waals surface area contributed by atoms with Gasteiger partial charge in [0.15, 0.2) is 0 Å². The van der Waals surface area contributed by atoms with Crippen molar-refractivity contribution in [2.24, 2.45) is 0 Å². The van der Waals surface area contributed by atoms with E-state index in [0.717, 1.165) is 25.3 Å². The van der Waals surface area contributed by atoms with E-state index in [4.69, 9.17) is 11.6 Å². The van der Waals surface area contributed by atoms with Gasteiger partial charge in [0.1, 0.15) is 0 Å². The van der Waals surface area contributed by atoms with E-state index in [1.165, 1.54) is 0 Å². The van der Waals surface area contributed by atoms with Gasteiger partial charge in [0.05, 0.1) is 5.56 Å². The van der Waals surface area contributed by atoms with Crippen LogP contribution in [-0.2, 0) is 0 Å². The SMILES string of the molecule is CCN(CC)CCNC(=O)c1cc(NC(=O)c2ccc(Cl)cc2)ccc1N(C)C. The molecule has 0 saturated carbocycles. The molecular weight excluding hydrogens is 388 g/mol. The van der Waals surface area contributed by atoms with Crippen LogP contribution in [-0.4, -0.2) is 57.0 Å². The van der Waals surface area contributed by atoms with Gasteiger partial charge in [-0.3, -0.25) is 9.59 Å². The number of carbonyl (C=O) groups excluding carboxylic acids is 2. The molecule has 0 radical (unpaired) electrons. The van der Waals surface area contributed by atoms with Crippen molar-refractivity contribution in [2.75, 3.05) is 50.5 Å². The monoisotopic (exact) mass is 416 g/mol. The van der Waals surface area contributed by atoms with Gasteiger partial charge in [-0.05, 0) is 55.6 Å². The Kier molecular flexibility index (Phi) is 8.49. The van der Waals surface area contributed by atoms with Gasteiger partial charge >= 0.3 is 0 Å². The third kappa shape index (κ3) is 6.48. The van der Waals surface area contributed by atoms with Crippen molar-refractivity contribution in [3.63, 3.8) is 0 Å². The molecule has 2 rings (SSSR count). The zero-order valence-electron chi connectivity index (χ0n) is 17.5. The average molecular weight is 417 g/mol. The summed E-state index contributed by atoms with van der Waals surface area (Å²) in [4.78, 5) is 29.4. The molecule has 0 aromatic heterocycles. The Bertz CT molecular complexity index is 833. The molecule has 0 saturated heterocycles. The number of halogens is 1. The van der Waals surface area contributed by atoms with Crippen LogP contribution in [0.25, 0.3) is 0 Å². The summed E-state index contributed by atoms with van der Waals surface area (Å²) in [6.45, 7) is 7.45. The van der Waals surface area contributed by atoms with Gasteiger partial charge in [-0.15, -0.1) is 0 Å². The summed E-state index contributed by atoms with van der Waals surface area (Å²) in [6.07, 6.45) is 0. The zero-order valence-corrected chi connectivity index (χ0v) is 18.2. The molecule has 2 N–H and O–H groups in total. The van der Waals surface area contributed by atoms with Gasteiger partial charge in [-0.2, -0.15) is 0 Å². The maximum absolute atomic E-state index is 12.8. The number of hydrogen-bond acceptors (Lipinski definition) is 4. The predicted molar refractivity (Wildman–Crippen MR) is 120 cm³/mol. The van der Waals surface area contributed by atoms with Crippen LogP contribution in [0.15, 0.2) is 42.5 Å². The van der Waals surface area contributed by atoms with Gasteiger partial charge in [0, 0.05) is 49.1 Å². The maximum atomic E-state index is 12.8. The van der Waals surface area contributed by atoms with Crippen LogP contribution in [0.5, 0.6) is 0 Å². The first-order chi connectivity index (χ1) is 13.8. The van der Waals surface area contributed by atoms with E-state index in [1.54, 1.807) is 36.4 Å². The fraction of sp³-hybridized carbons (Fsp3) is 0.364. The van der Waals surface area contributed by atoms with E-state index < -0.39 is 0 Å². The zero-order chi connectivity index (χ0) is 21.4. The Labute approximate surface area is 177 Å². The van der Waals surface area contributed by atoms with Crippen LogP contribution in [0, 0.1) is 0 Å². The quantitative estimate of drug-likeness (QED) is 0.653. The molecule has 0 atom stereocenters. The number of anilines is 2. The lowest BCUT2D eigenvalue weighted by molar-refractivity contribution is 0.0948. The Morgan fingerprint density at radius 2 is 1.62 bits per heavy atom. The Morgan fingerprint density at radius 1 is 0.966 bits per heavy atom. The second kappa shape index (κ2) is 10.8. The van der Waals surface area contributed by atoms with Crippen LogP contribution in [0.2, 0.25) is 5.02 Å². The van der Waals surface area contributed by atoms with Crippen molar-refractivity contribution < 1.29 is 9.59 Å². The van der Waals surface area contributed by atoms with E-state index in [2.05, 4.69) is 29.4 Å². The van der Waals surface area contributed by atoms with Gasteiger partial charge in [0.25, 0.3) is 11.8 Å². The van der Waals surface area contributed by atoms with Crippen molar-refractivity contribution in [1.82, 2.24) is 10.2 Å². The molecule has 6 nitrogen and oxygen atoms in total. The fourth-order valence-electron chi connectivity index (χ4n) is 2.95. The molecule has 156 valence electrons. The normalized spacial score (nSPS) is 10.7. The van der Waals surface area contributed by atoms with Gasteiger partial charge in [0.2, 0.25) is 0 Å². The molecule has 2 aromatic carbocycles. The van der Waals surface area contributed by atoms with Crippen molar-refractivity contribution in [3.05, 3.63) is 58.6 Å². The number of hydrogen-bond donors (Lipinski definition) is 2. The van der Waals surface area contributed by atoms with E-state index in [9.17, 15) is 9.59 Å². The summed E-state index contributed by atoms with van der Waals surface area (Å²) in [5.74, 6) is -0.421. The van der Waals surface area contributed by atoms with Crippen LogP contribution < -0.4 is 15.5 Å². The fourth-order valence-corrected chi connectivity index (χ4v) is 3.08. The van der Waals surface area contributed by atoms with Crippen LogP contribution >= 0.6 is 11.6 Å². The molecule has 2 amide bonds. The predicted octanol–water partition coefficient (Wildman–Crippen LogP) is 3.73. The maximum Gasteiger partial charge on any atom is 0.255 e. The number of nitrogens with zero attached hydrogens (tertiary/aromatic N) is 2. The lowest BCUT2D eigenvalue weighted by Gasteiger charge is -2.20. The minimum absolute atomic E-state index is 0.163. The van der Waals surface area contributed by atoms with Crippen LogP contribution in [0.1, 0.15) is 34.6 Å². The summed E-state index contributed by atoms with van der Waals surface area (Å²) in [5, 5.41) is 6.39. The summed E-state index contributed by atoms with van der Waals surface area (Å²) in [5.41, 5.74) is 2.36. The van der Waals surface area contributed by atoms with Gasteiger partial charge in [-0.25, -0.2) is 0 Å². The number of benzene rings is 2. The third-order valence-electron chi connectivity index (χ3n) is 4.70. The minimum Gasteiger partial charge on any atom is -0.377 e. The summed E-state index contributed by atoms with van der Waals surface area (Å²) < 4.78 is 0. The highest BCUT2D eigenvalue weighted by Crippen LogP contribution is 2.23. The highest BCUT2D eigenvalue weighted by atomic mass is 35.5. The third-order valence-corrected chi connectivity index (χ3v) is 4.95. The highest BCUT2D eigenvalue weighted by molar-refractivity contribution is 6.30. The van der Waals surface area contributed by atoms with Gasteiger partial charge in [-0.1, -0.05) is 25.4 Å². The molecule has 0 aliphatic carbocycles. The molecule has 0 unspecified atom stereocenters. The Balaban J connectivity index is 2.14. The van der Waals surface area contributed by atoms with E-state index in [-0.39, 0.29) is 11.8 Å². The summed E-state index contributed by atoms with van der Waals surface area (Å²) in [7, 11) is 3.77. The molecule has 0 bridgehead atoms. The second-order valence-corrected chi connectivity index (χ2v) is 7.31. The lowest BCUT2D eigenvalue weighted by atomic mass is 10.1. The molecule has 0 spiro atoms. The molecule has 29 heavy (non-hydrogen) atoms. The van der Waals surface area contributed by atoms with Crippen molar-refractivity contribution >= 4 is 34.8 Å². The van der Waals surface area contributed by atoms with Gasteiger partial charge < -0.3 is 20.4 Å². The molecular formula is C22H29ClN4O2. The van der Waals surface area contributed by atoms with E-state index in [0.29, 0.717) is 28.4 Å². The van der Waals surface area contributed by atoms with Crippen molar-refractivity contribution in [2.45, 2.75) is 13.8 Å². The van der Waals surface area contributed by atoms with Crippen LogP contribution in [0.4, 0.5) is 11.4 Å². The number of likely N-dealkylation sites (N-methyl/N-ethyl adjacent to an activating group) is 1. The standard InChI is InChI=1S/C22H29ClN4O2/c1-5-27(6-2)14-13-24-22(29)19-15-18(11-12-20(19)26(3)4)25-21(28)16-7-9-17(23)10-8-16/h7-12,15H,5-6,13-14H2,1-4H3,(H,24,29)(H,25,28). The Hall–Kier alpha value is -2.57. The first kappa shape index (κ1) is 22.7. The molecule has 0 heterocycles. The van der Waals surface area contributed by atoms with E-state index >= 15 is 0 Å². The Morgan fingerprint density at radius 3 is 2.21 bits per heavy atom. The molecule has 7 heteroatoms. The first-order valence-electron chi connectivity index (χ1n) is 9.74. The number of amides is 2. The largest absolute Gasteiger partial charge is 0.377 e.